The highest BCUT2D eigenvalue weighted by atomic mass is 16.7. The summed E-state index contributed by atoms with van der Waals surface area (Å²) in [5, 5.41) is 13.1. The van der Waals surface area contributed by atoms with Gasteiger partial charge in [0.1, 0.15) is 35.7 Å². The van der Waals surface area contributed by atoms with Crippen molar-refractivity contribution in [2.24, 2.45) is 5.92 Å². The average molecular weight is 1070 g/mol. The van der Waals surface area contributed by atoms with Crippen LogP contribution in [0.15, 0.2) is 176 Å². The van der Waals surface area contributed by atoms with E-state index in [1.165, 1.54) is 0 Å². The maximum Gasteiger partial charge on any atom is 0.329 e. The number of urea groups is 1. The highest BCUT2D eigenvalue weighted by molar-refractivity contribution is 6.24. The Morgan fingerprint density at radius 1 is 0.713 bits per heavy atom. The summed E-state index contributed by atoms with van der Waals surface area (Å²) in [6.45, 7) is 3.83. The largest absolute Gasteiger partial charge is 0.497 e. The first-order valence-electron chi connectivity index (χ1n) is 27.0. The lowest BCUT2D eigenvalue weighted by atomic mass is 9.64. The molecule has 15 nitrogen and oxygen atoms in total. The van der Waals surface area contributed by atoms with Gasteiger partial charge in [-0.05, 0) is 107 Å². The third-order valence-corrected chi connectivity index (χ3v) is 16.1. The van der Waals surface area contributed by atoms with Gasteiger partial charge in [0.2, 0.25) is 18.6 Å². The van der Waals surface area contributed by atoms with E-state index in [2.05, 4.69) is 22.1 Å². The second-order valence-corrected chi connectivity index (χ2v) is 20.6. The number of aliphatic hydroxyl groups is 1. The molecule has 80 heavy (non-hydrogen) atoms. The number of piperazine rings is 1. The molecule has 7 aromatic rings. The van der Waals surface area contributed by atoms with Crippen LogP contribution >= 0.6 is 0 Å². The van der Waals surface area contributed by atoms with E-state index in [0.717, 1.165) is 21.6 Å². The molecule has 1 spiro atoms. The van der Waals surface area contributed by atoms with Gasteiger partial charge < -0.3 is 39.0 Å². The molecule has 0 radical (unpaired) electrons. The number of methoxy groups -OCH3 is 1. The first-order chi connectivity index (χ1) is 39.1. The molecule has 7 unspecified atom stereocenters. The number of anilines is 1. The summed E-state index contributed by atoms with van der Waals surface area (Å²) in [6, 6.07) is 49.8. The Labute approximate surface area is 464 Å². The zero-order chi connectivity index (χ0) is 54.9. The molecule has 0 aliphatic carbocycles. The SMILES string of the molecule is COc1ccc(C#Cc2ccc3c(c2)C2(C(=O)N3C(=O)NC(C)c3ccccc3)C(C(=O)N3CCN(Cc4ccc5c(c4)OCO5)CC3)C3C(=O)OC(c4ccccc4)C(c4ccccc4)N3C2c2cccc(OCCO)c2)cc1. The summed E-state index contributed by atoms with van der Waals surface area (Å²) in [7, 11) is 1.60. The minimum atomic E-state index is -2.03. The number of carbonyl (C=O) groups excluding carboxylic acids is 4. The summed E-state index contributed by atoms with van der Waals surface area (Å²) in [6.07, 6.45) is -0.923. The second-order valence-electron chi connectivity index (χ2n) is 20.6. The molecule has 7 atom stereocenters. The summed E-state index contributed by atoms with van der Waals surface area (Å²) in [4.78, 5) is 72.2. The Morgan fingerprint density at radius 3 is 2.11 bits per heavy atom. The van der Waals surface area contributed by atoms with Gasteiger partial charge in [0.05, 0.1) is 43.4 Å². The number of fused-ring (bicyclic) bond motifs is 4. The van der Waals surface area contributed by atoms with Gasteiger partial charge in [-0.15, -0.1) is 0 Å². The predicted octanol–water partition coefficient (Wildman–Crippen LogP) is 8.68. The van der Waals surface area contributed by atoms with Crippen molar-refractivity contribution >= 4 is 29.5 Å². The van der Waals surface area contributed by atoms with Gasteiger partial charge in [-0.1, -0.05) is 121 Å². The molecular weight excluding hydrogens is 1010 g/mol. The minimum Gasteiger partial charge on any atom is -0.497 e. The number of amides is 4. The fraction of sp³-hybridized carbons (Fsp3) is 0.262. The number of rotatable bonds is 12. The number of cyclic esters (lactones) is 1. The van der Waals surface area contributed by atoms with Crippen LogP contribution in [0.25, 0.3) is 0 Å². The van der Waals surface area contributed by atoms with E-state index in [0.29, 0.717) is 70.4 Å². The van der Waals surface area contributed by atoms with Crippen molar-refractivity contribution in [2.75, 3.05) is 58.2 Å². The van der Waals surface area contributed by atoms with Gasteiger partial charge in [-0.3, -0.25) is 24.2 Å². The maximum absolute atomic E-state index is 17.1. The number of aliphatic hydroxyl groups excluding tert-OH is 1. The number of morpholine rings is 1. The molecule has 0 aromatic heterocycles. The Balaban J connectivity index is 1.07. The number of benzene rings is 7. The van der Waals surface area contributed by atoms with E-state index in [1.54, 1.807) is 42.3 Å². The molecular formula is C65H59N5O10. The van der Waals surface area contributed by atoms with Crippen molar-refractivity contribution in [3.63, 3.8) is 0 Å². The molecule has 2 N–H and O–H groups in total. The Morgan fingerprint density at radius 2 is 1.39 bits per heavy atom. The van der Waals surface area contributed by atoms with E-state index in [-0.39, 0.29) is 38.8 Å². The minimum absolute atomic E-state index is 0.0199. The number of nitrogens with one attached hydrogen (secondary N) is 1. The van der Waals surface area contributed by atoms with Crippen LogP contribution in [0.3, 0.4) is 0 Å². The van der Waals surface area contributed by atoms with Gasteiger partial charge in [-0.2, -0.15) is 0 Å². The summed E-state index contributed by atoms with van der Waals surface area (Å²) in [5.41, 5.74) is 3.62. The van der Waals surface area contributed by atoms with Crippen molar-refractivity contribution < 1.29 is 48.0 Å². The number of ether oxygens (including phenoxy) is 5. The standard InChI is InChI=1S/C65H59N5O10/c1-42(46-13-6-3-7-14-46)66-64(75)69-53-29-25-44(22-21-43-23-27-50(76-2)28-24-43)37-52(53)65(63(69)74)56(61(72)68-33-31-67(32-34-68)40-45-26-30-54-55(38-45)79-41-78-54)58-62(73)80-59(48-17-10-5-11-18-48)57(47-15-8-4-9-16-47)70(58)60(65)49-19-12-20-51(39-49)77-36-35-71/h3-20,23-30,37-39,42,56-60,71H,31-36,40-41H2,1-2H3,(H,66,75). The Kier molecular flexibility index (Phi) is 14.3. The first-order valence-corrected chi connectivity index (χ1v) is 27.0. The number of imide groups is 1. The van der Waals surface area contributed by atoms with Crippen molar-refractivity contribution in [3.05, 3.63) is 220 Å². The van der Waals surface area contributed by atoms with Crippen LogP contribution in [0, 0.1) is 17.8 Å². The number of carbonyl (C=O) groups is 4. The molecule has 5 aliphatic rings. The Bertz CT molecular complexity index is 3510. The second kappa shape index (κ2) is 22.1. The van der Waals surface area contributed by atoms with Gasteiger partial charge in [-0.25, -0.2) is 9.69 Å². The van der Waals surface area contributed by atoms with Crippen molar-refractivity contribution in [1.82, 2.24) is 20.0 Å². The number of nitrogens with zero attached hydrogens (tertiary/aromatic N) is 4. The quantitative estimate of drug-likeness (QED) is 0.0887. The molecule has 7 aromatic carbocycles. The zero-order valence-electron chi connectivity index (χ0n) is 44.3. The van der Waals surface area contributed by atoms with E-state index in [4.69, 9.17) is 23.7 Å². The fourth-order valence-corrected chi connectivity index (χ4v) is 12.4. The fourth-order valence-electron chi connectivity index (χ4n) is 12.4. The molecule has 12 rings (SSSR count). The summed E-state index contributed by atoms with van der Waals surface area (Å²) >= 11 is 0. The molecule has 3 fully saturated rings. The molecule has 0 saturated carbocycles. The van der Waals surface area contributed by atoms with Gasteiger partial charge in [0, 0.05) is 43.9 Å². The monoisotopic (exact) mass is 1070 g/mol. The number of hydrogen-bond donors (Lipinski definition) is 2. The molecule has 404 valence electrons. The first kappa shape index (κ1) is 51.8. The van der Waals surface area contributed by atoms with Crippen LogP contribution in [-0.4, -0.2) is 103 Å². The molecule has 15 heteroatoms. The molecule has 3 saturated heterocycles. The van der Waals surface area contributed by atoms with E-state index in [1.807, 2.05) is 157 Å². The van der Waals surface area contributed by atoms with Gasteiger partial charge >= 0.3 is 12.0 Å². The van der Waals surface area contributed by atoms with E-state index >= 15 is 19.2 Å². The lowest BCUT2D eigenvalue weighted by Gasteiger charge is -2.46. The van der Waals surface area contributed by atoms with E-state index in [9.17, 15) is 5.11 Å². The van der Waals surface area contributed by atoms with Crippen LogP contribution in [0.2, 0.25) is 0 Å². The molecule has 0 bridgehead atoms. The van der Waals surface area contributed by atoms with Crippen LogP contribution in [-0.2, 0) is 31.1 Å². The summed E-state index contributed by atoms with van der Waals surface area (Å²) in [5.74, 6) is 5.74. The lowest BCUT2D eigenvalue weighted by Crippen LogP contribution is -2.59. The average Bonchev–Trinajstić information content (AvgIpc) is 4.20. The van der Waals surface area contributed by atoms with Crippen molar-refractivity contribution in [3.8, 4) is 34.8 Å². The normalized spacial score (nSPS) is 22.4. The smallest absolute Gasteiger partial charge is 0.329 e. The highest BCUT2D eigenvalue weighted by Gasteiger charge is 2.76. The highest BCUT2D eigenvalue weighted by Crippen LogP contribution is 2.66. The third kappa shape index (κ3) is 9.44. The van der Waals surface area contributed by atoms with Crippen LogP contribution < -0.4 is 29.2 Å². The predicted molar refractivity (Wildman–Crippen MR) is 298 cm³/mol. The zero-order valence-corrected chi connectivity index (χ0v) is 44.3. The molecule has 5 aliphatic heterocycles. The molecule has 5 heterocycles. The van der Waals surface area contributed by atoms with Gasteiger partial charge in [0.15, 0.2) is 11.5 Å². The van der Waals surface area contributed by atoms with Gasteiger partial charge in [0.25, 0.3) is 0 Å². The van der Waals surface area contributed by atoms with Crippen molar-refractivity contribution in [2.45, 2.75) is 49.2 Å². The lowest BCUT2D eigenvalue weighted by molar-refractivity contribution is -0.179. The van der Waals surface area contributed by atoms with E-state index < -0.39 is 65.4 Å². The number of esters is 1. The third-order valence-electron chi connectivity index (χ3n) is 16.1. The van der Waals surface area contributed by atoms with Crippen LogP contribution in [0.5, 0.6) is 23.0 Å². The summed E-state index contributed by atoms with van der Waals surface area (Å²) < 4.78 is 29.6. The number of hydrogen-bond acceptors (Lipinski definition) is 12. The van der Waals surface area contributed by atoms with Crippen LogP contribution in [0.4, 0.5) is 10.5 Å². The van der Waals surface area contributed by atoms with Crippen molar-refractivity contribution in [1.29, 1.82) is 0 Å². The molecule has 4 amide bonds. The topological polar surface area (TPSA) is 160 Å². The maximum atomic E-state index is 17.1. The Hall–Kier alpha value is -8.94. The van der Waals surface area contributed by atoms with Crippen LogP contribution in [0.1, 0.15) is 75.7 Å².